The predicted octanol–water partition coefficient (Wildman–Crippen LogP) is 1.40. The van der Waals surface area contributed by atoms with Crippen molar-refractivity contribution in [2.75, 3.05) is 27.7 Å². The van der Waals surface area contributed by atoms with Gasteiger partial charge in [0.05, 0.1) is 7.11 Å². The fraction of sp³-hybridized carbons (Fsp3) is 0.455. The first kappa shape index (κ1) is 11.9. The number of hydrogen-bond acceptors (Lipinski definition) is 3. The molecule has 0 bridgehead atoms. The summed E-state index contributed by atoms with van der Waals surface area (Å²) in [5, 5.41) is 0. The highest BCUT2D eigenvalue weighted by Crippen LogP contribution is 2.20. The lowest BCUT2D eigenvalue weighted by molar-refractivity contribution is 0.373. The van der Waals surface area contributed by atoms with Gasteiger partial charge >= 0.3 is 0 Å². The molecule has 84 valence electrons. The van der Waals surface area contributed by atoms with Crippen molar-refractivity contribution in [3.8, 4) is 5.75 Å². The highest BCUT2D eigenvalue weighted by atomic mass is 19.1. The summed E-state index contributed by atoms with van der Waals surface area (Å²) >= 11 is 0. The van der Waals surface area contributed by atoms with E-state index >= 15 is 0 Å². The molecule has 0 unspecified atom stereocenters. The molecule has 1 rings (SSSR count). The summed E-state index contributed by atoms with van der Waals surface area (Å²) < 4.78 is 18.1. The average molecular weight is 212 g/mol. The maximum absolute atomic E-state index is 13.2. The van der Waals surface area contributed by atoms with Crippen LogP contribution >= 0.6 is 0 Å². The lowest BCUT2D eigenvalue weighted by Gasteiger charge is -2.17. The van der Waals surface area contributed by atoms with Crippen LogP contribution in [-0.2, 0) is 0 Å². The SMILES string of the molecule is COc1cc(F)cc([C@@H](N)CN(C)C)c1. The zero-order valence-corrected chi connectivity index (χ0v) is 9.33. The molecule has 0 fully saturated rings. The van der Waals surface area contributed by atoms with Crippen LogP contribution in [0.4, 0.5) is 4.39 Å². The molecule has 4 heteroatoms. The van der Waals surface area contributed by atoms with E-state index in [4.69, 9.17) is 10.5 Å². The molecule has 15 heavy (non-hydrogen) atoms. The zero-order valence-electron chi connectivity index (χ0n) is 9.33. The van der Waals surface area contributed by atoms with Gasteiger partial charge in [0.1, 0.15) is 11.6 Å². The standard InChI is InChI=1S/C11H17FN2O/c1-14(2)7-11(13)8-4-9(12)6-10(5-8)15-3/h4-6,11H,7,13H2,1-3H3/t11-/m0/s1. The van der Waals surface area contributed by atoms with Gasteiger partial charge in [-0.15, -0.1) is 0 Å². The van der Waals surface area contributed by atoms with Gasteiger partial charge in [0.2, 0.25) is 0 Å². The molecule has 0 aliphatic rings. The number of ether oxygens (including phenoxy) is 1. The largest absolute Gasteiger partial charge is 0.497 e. The van der Waals surface area contributed by atoms with Crippen molar-refractivity contribution in [2.45, 2.75) is 6.04 Å². The van der Waals surface area contributed by atoms with Crippen LogP contribution in [0.15, 0.2) is 18.2 Å². The summed E-state index contributed by atoms with van der Waals surface area (Å²) in [6.45, 7) is 0.673. The number of halogens is 1. The Balaban J connectivity index is 2.88. The highest BCUT2D eigenvalue weighted by molar-refractivity contribution is 5.31. The van der Waals surface area contributed by atoms with Gasteiger partial charge in [-0.25, -0.2) is 4.39 Å². The minimum absolute atomic E-state index is 0.204. The number of likely N-dealkylation sites (N-methyl/N-ethyl adjacent to an activating group) is 1. The maximum Gasteiger partial charge on any atom is 0.127 e. The molecule has 0 saturated carbocycles. The fourth-order valence-corrected chi connectivity index (χ4v) is 1.42. The monoisotopic (exact) mass is 212 g/mol. The second-order valence-electron chi connectivity index (χ2n) is 3.79. The summed E-state index contributed by atoms with van der Waals surface area (Å²) in [6.07, 6.45) is 0. The minimum atomic E-state index is -0.321. The lowest BCUT2D eigenvalue weighted by atomic mass is 10.1. The van der Waals surface area contributed by atoms with E-state index in [1.807, 2.05) is 19.0 Å². The molecule has 0 saturated heterocycles. The van der Waals surface area contributed by atoms with Crippen LogP contribution in [0.1, 0.15) is 11.6 Å². The molecular weight excluding hydrogens is 195 g/mol. The van der Waals surface area contributed by atoms with Gasteiger partial charge in [-0.05, 0) is 31.8 Å². The Bertz CT molecular complexity index is 328. The fourth-order valence-electron chi connectivity index (χ4n) is 1.42. The summed E-state index contributed by atoms with van der Waals surface area (Å²) in [5.74, 6) is 0.178. The Kier molecular flexibility index (Phi) is 4.05. The Morgan fingerprint density at radius 3 is 2.60 bits per heavy atom. The van der Waals surface area contributed by atoms with E-state index in [9.17, 15) is 4.39 Å². The molecule has 0 aliphatic carbocycles. The number of hydrogen-bond donors (Lipinski definition) is 1. The van der Waals surface area contributed by atoms with E-state index in [1.54, 1.807) is 6.07 Å². The predicted molar refractivity (Wildman–Crippen MR) is 58.4 cm³/mol. The lowest BCUT2D eigenvalue weighted by Crippen LogP contribution is -2.26. The second kappa shape index (κ2) is 5.09. The molecule has 1 aromatic carbocycles. The summed E-state index contributed by atoms with van der Waals surface area (Å²) in [4.78, 5) is 1.96. The topological polar surface area (TPSA) is 38.5 Å². The smallest absolute Gasteiger partial charge is 0.127 e. The van der Waals surface area contributed by atoms with Gasteiger partial charge in [0, 0.05) is 18.7 Å². The number of nitrogens with two attached hydrogens (primary N) is 1. The maximum atomic E-state index is 13.2. The van der Waals surface area contributed by atoms with Crippen LogP contribution in [-0.4, -0.2) is 32.6 Å². The first-order valence-corrected chi connectivity index (χ1v) is 4.77. The molecule has 0 amide bonds. The van der Waals surface area contributed by atoms with Crippen molar-refractivity contribution in [1.29, 1.82) is 0 Å². The number of rotatable bonds is 4. The molecule has 0 aromatic heterocycles. The van der Waals surface area contributed by atoms with E-state index in [2.05, 4.69) is 0 Å². The van der Waals surface area contributed by atoms with Gasteiger partial charge in [0.15, 0.2) is 0 Å². The van der Waals surface area contributed by atoms with Crippen LogP contribution in [0, 0.1) is 5.82 Å². The molecule has 0 aliphatic heterocycles. The third kappa shape index (κ3) is 3.49. The molecule has 2 N–H and O–H groups in total. The van der Waals surface area contributed by atoms with Crippen molar-refractivity contribution in [3.05, 3.63) is 29.6 Å². The molecule has 0 heterocycles. The van der Waals surface area contributed by atoms with E-state index < -0.39 is 0 Å². The van der Waals surface area contributed by atoms with Gasteiger partial charge in [-0.1, -0.05) is 0 Å². The van der Waals surface area contributed by atoms with Crippen molar-refractivity contribution in [3.63, 3.8) is 0 Å². The van der Waals surface area contributed by atoms with Crippen LogP contribution in [0.2, 0.25) is 0 Å². The normalized spacial score (nSPS) is 12.9. The molecule has 0 spiro atoms. The number of benzene rings is 1. The summed E-state index contributed by atoms with van der Waals surface area (Å²) in [5.41, 5.74) is 6.68. The van der Waals surface area contributed by atoms with Gasteiger partial charge in [0.25, 0.3) is 0 Å². The Morgan fingerprint density at radius 2 is 2.07 bits per heavy atom. The summed E-state index contributed by atoms with van der Waals surface area (Å²) in [6, 6.07) is 4.34. The van der Waals surface area contributed by atoms with E-state index in [0.29, 0.717) is 12.3 Å². The number of nitrogens with zero attached hydrogens (tertiary/aromatic N) is 1. The van der Waals surface area contributed by atoms with Gasteiger partial charge < -0.3 is 15.4 Å². The first-order valence-electron chi connectivity index (χ1n) is 4.77. The molecule has 0 radical (unpaired) electrons. The van der Waals surface area contributed by atoms with Crippen molar-refractivity contribution in [1.82, 2.24) is 4.90 Å². The van der Waals surface area contributed by atoms with Crippen molar-refractivity contribution >= 4 is 0 Å². The van der Waals surface area contributed by atoms with E-state index in [1.165, 1.54) is 19.2 Å². The Morgan fingerprint density at radius 1 is 1.40 bits per heavy atom. The van der Waals surface area contributed by atoms with Gasteiger partial charge in [-0.2, -0.15) is 0 Å². The number of methoxy groups -OCH3 is 1. The third-order valence-corrected chi connectivity index (χ3v) is 2.12. The summed E-state index contributed by atoms with van der Waals surface area (Å²) in [7, 11) is 5.36. The molecular formula is C11H17FN2O. The van der Waals surface area contributed by atoms with Crippen LogP contribution < -0.4 is 10.5 Å². The third-order valence-electron chi connectivity index (χ3n) is 2.12. The zero-order chi connectivity index (χ0) is 11.4. The second-order valence-corrected chi connectivity index (χ2v) is 3.79. The first-order chi connectivity index (χ1) is 7.02. The van der Waals surface area contributed by atoms with Crippen molar-refractivity contribution < 1.29 is 9.13 Å². The average Bonchev–Trinajstić information content (AvgIpc) is 2.15. The van der Waals surface area contributed by atoms with Crippen molar-refractivity contribution in [2.24, 2.45) is 5.73 Å². The highest BCUT2D eigenvalue weighted by Gasteiger charge is 2.10. The quantitative estimate of drug-likeness (QED) is 0.819. The van der Waals surface area contributed by atoms with Gasteiger partial charge in [-0.3, -0.25) is 0 Å². The van der Waals surface area contributed by atoms with E-state index in [-0.39, 0.29) is 11.9 Å². The van der Waals surface area contributed by atoms with E-state index in [0.717, 1.165) is 5.56 Å². The van der Waals surface area contributed by atoms with Crippen LogP contribution in [0.25, 0.3) is 0 Å². The molecule has 1 atom stereocenters. The molecule has 1 aromatic rings. The minimum Gasteiger partial charge on any atom is -0.497 e. The Hall–Kier alpha value is -1.13. The van der Waals surface area contributed by atoms with Crippen LogP contribution in [0.5, 0.6) is 5.75 Å². The molecule has 3 nitrogen and oxygen atoms in total. The Labute approximate surface area is 89.6 Å². The van der Waals surface area contributed by atoms with Crippen LogP contribution in [0.3, 0.4) is 0 Å².